The smallest absolute Gasteiger partial charge is 0.314 e. The van der Waals surface area contributed by atoms with Gasteiger partial charge >= 0.3 is 6.03 Å². The fourth-order valence-corrected chi connectivity index (χ4v) is 3.81. The number of nitrogens with one attached hydrogen (secondary N) is 2. The van der Waals surface area contributed by atoms with E-state index in [4.69, 9.17) is 33.2 Å². The molecule has 16 nitrogen and oxygen atoms in total. The molecule has 0 spiro atoms. The molecular formula is C28H50N6O10. The van der Waals surface area contributed by atoms with Gasteiger partial charge in [-0.1, -0.05) is 19.1 Å². The molecule has 2 N–H and O–H groups in total. The molecule has 0 aliphatic carbocycles. The van der Waals surface area contributed by atoms with E-state index in [1.165, 1.54) is 4.90 Å². The average Bonchev–Trinajstić information content (AvgIpc) is 3.56. The third-order valence-electron chi connectivity index (χ3n) is 6.14. The van der Waals surface area contributed by atoms with E-state index in [1.54, 1.807) is 17.8 Å². The standard InChI is InChI=1S/C28H50N6O10/c1-3-4-29-28(37)30-5-7-38-9-11-40-13-15-42-17-19-44-20-18-43-16-14-41-12-10-39-8-6-33-22-25(31-32-33)23-34-26(35)21-24(2)27(34)36/h22,24H,3-21,23H2,1-2H3,(H2,29,30,37). The van der Waals surface area contributed by atoms with Gasteiger partial charge in [-0.2, -0.15) is 0 Å². The van der Waals surface area contributed by atoms with E-state index in [1.807, 2.05) is 6.92 Å². The third kappa shape index (κ3) is 17.5. The number of carbonyl (C=O) groups is 3. The van der Waals surface area contributed by atoms with Crippen molar-refractivity contribution in [3.8, 4) is 0 Å². The summed E-state index contributed by atoms with van der Waals surface area (Å²) >= 11 is 0. The molecule has 252 valence electrons. The molecule has 0 bridgehead atoms. The Bertz CT molecular complexity index is 921. The number of hydrogen-bond acceptors (Lipinski definition) is 12. The van der Waals surface area contributed by atoms with Crippen LogP contribution in [-0.2, 0) is 55.8 Å². The fourth-order valence-electron chi connectivity index (χ4n) is 3.81. The molecule has 1 aliphatic rings. The van der Waals surface area contributed by atoms with Gasteiger partial charge in [-0.25, -0.2) is 9.48 Å². The lowest BCUT2D eigenvalue weighted by molar-refractivity contribution is -0.140. The van der Waals surface area contributed by atoms with Crippen LogP contribution in [0.15, 0.2) is 6.20 Å². The Morgan fingerprint density at radius 1 is 0.773 bits per heavy atom. The minimum absolute atomic E-state index is 0.150. The quantitative estimate of drug-likeness (QED) is 0.0939. The van der Waals surface area contributed by atoms with Crippen molar-refractivity contribution in [2.45, 2.75) is 39.8 Å². The van der Waals surface area contributed by atoms with Gasteiger partial charge in [0.1, 0.15) is 5.69 Å². The second kappa shape index (κ2) is 24.6. The van der Waals surface area contributed by atoms with Gasteiger partial charge in [0.05, 0.1) is 112 Å². The van der Waals surface area contributed by atoms with Crippen molar-refractivity contribution in [1.82, 2.24) is 30.5 Å². The first-order chi connectivity index (χ1) is 21.5. The minimum atomic E-state index is -0.270. The van der Waals surface area contributed by atoms with Crippen molar-refractivity contribution >= 4 is 17.8 Å². The van der Waals surface area contributed by atoms with Crippen LogP contribution in [0.1, 0.15) is 32.4 Å². The Morgan fingerprint density at radius 3 is 1.73 bits per heavy atom. The highest BCUT2D eigenvalue weighted by molar-refractivity contribution is 6.03. The van der Waals surface area contributed by atoms with E-state index in [0.717, 1.165) is 6.42 Å². The lowest BCUT2D eigenvalue weighted by Crippen LogP contribution is -2.37. The molecule has 44 heavy (non-hydrogen) atoms. The normalized spacial score (nSPS) is 15.0. The van der Waals surface area contributed by atoms with Crippen LogP contribution < -0.4 is 10.6 Å². The number of rotatable bonds is 28. The second-order valence-electron chi connectivity index (χ2n) is 9.87. The van der Waals surface area contributed by atoms with E-state index in [0.29, 0.717) is 118 Å². The molecular weight excluding hydrogens is 580 g/mol. The summed E-state index contributed by atoms with van der Waals surface area (Å²) in [6.45, 7) is 12.0. The van der Waals surface area contributed by atoms with Gasteiger partial charge in [-0.15, -0.1) is 5.10 Å². The van der Waals surface area contributed by atoms with E-state index < -0.39 is 0 Å². The zero-order chi connectivity index (χ0) is 31.7. The maximum atomic E-state index is 12.0. The highest BCUT2D eigenvalue weighted by Crippen LogP contribution is 2.20. The minimum Gasteiger partial charge on any atom is -0.377 e. The van der Waals surface area contributed by atoms with Crippen LogP contribution in [0, 0.1) is 5.92 Å². The van der Waals surface area contributed by atoms with Gasteiger partial charge in [0.25, 0.3) is 0 Å². The van der Waals surface area contributed by atoms with Crippen molar-refractivity contribution in [3.05, 3.63) is 11.9 Å². The number of amides is 4. The van der Waals surface area contributed by atoms with E-state index in [9.17, 15) is 14.4 Å². The predicted octanol–water partition coefficient (Wildman–Crippen LogP) is -0.00150. The molecule has 1 aromatic heterocycles. The van der Waals surface area contributed by atoms with Crippen LogP contribution in [0.25, 0.3) is 0 Å². The Hall–Kier alpha value is -2.73. The molecule has 1 unspecified atom stereocenters. The molecule has 1 saturated heterocycles. The van der Waals surface area contributed by atoms with Crippen molar-refractivity contribution < 1.29 is 47.5 Å². The number of likely N-dealkylation sites (tertiary alicyclic amines) is 1. The first-order valence-corrected chi connectivity index (χ1v) is 15.3. The van der Waals surface area contributed by atoms with Crippen molar-refractivity contribution in [1.29, 1.82) is 0 Å². The first kappa shape index (κ1) is 37.5. The fraction of sp³-hybridized carbons (Fsp3) is 0.821. The van der Waals surface area contributed by atoms with Gasteiger partial charge in [-0.05, 0) is 6.42 Å². The molecule has 1 fully saturated rings. The maximum absolute atomic E-state index is 12.0. The SMILES string of the molecule is CCCNC(=O)NCCOCCOCCOCCOCCOCCOCCOCCn1cc(CN2C(=O)CC(C)C2=O)nn1. The first-order valence-electron chi connectivity index (χ1n) is 15.3. The summed E-state index contributed by atoms with van der Waals surface area (Å²) in [6, 6.07) is -0.177. The van der Waals surface area contributed by atoms with Crippen LogP contribution in [0.2, 0.25) is 0 Å². The second-order valence-corrected chi connectivity index (χ2v) is 9.87. The number of imide groups is 1. The number of aromatic nitrogens is 3. The maximum Gasteiger partial charge on any atom is 0.314 e. The summed E-state index contributed by atoms with van der Waals surface area (Å²) < 4.78 is 39.9. The van der Waals surface area contributed by atoms with Crippen LogP contribution in [0.5, 0.6) is 0 Å². The topological polar surface area (TPSA) is 174 Å². The van der Waals surface area contributed by atoms with E-state index >= 15 is 0 Å². The van der Waals surface area contributed by atoms with E-state index in [-0.39, 0.29) is 36.7 Å². The Labute approximate surface area is 259 Å². The van der Waals surface area contributed by atoms with Crippen LogP contribution in [0.3, 0.4) is 0 Å². The van der Waals surface area contributed by atoms with Gasteiger partial charge in [0, 0.05) is 25.4 Å². The van der Waals surface area contributed by atoms with Crippen molar-refractivity contribution in [3.63, 3.8) is 0 Å². The molecule has 1 atom stereocenters. The van der Waals surface area contributed by atoms with Crippen LogP contribution in [-0.4, -0.2) is 143 Å². The summed E-state index contributed by atoms with van der Waals surface area (Å²) in [5.74, 6) is -0.605. The Kier molecular flexibility index (Phi) is 20.9. The summed E-state index contributed by atoms with van der Waals surface area (Å²) in [5, 5.41) is 13.5. The summed E-state index contributed by atoms with van der Waals surface area (Å²) in [4.78, 5) is 36.5. The lowest BCUT2D eigenvalue weighted by Gasteiger charge is -2.11. The molecule has 2 heterocycles. The zero-order valence-electron chi connectivity index (χ0n) is 26.2. The largest absolute Gasteiger partial charge is 0.377 e. The van der Waals surface area contributed by atoms with Crippen LogP contribution in [0.4, 0.5) is 4.79 Å². The van der Waals surface area contributed by atoms with Gasteiger partial charge in [0.15, 0.2) is 0 Å². The lowest BCUT2D eigenvalue weighted by atomic mass is 10.1. The molecule has 0 aromatic carbocycles. The molecule has 1 aromatic rings. The number of ether oxygens (including phenoxy) is 7. The highest BCUT2D eigenvalue weighted by atomic mass is 16.6. The highest BCUT2D eigenvalue weighted by Gasteiger charge is 2.35. The average molecular weight is 631 g/mol. The molecule has 0 saturated carbocycles. The molecule has 16 heteroatoms. The van der Waals surface area contributed by atoms with Gasteiger partial charge < -0.3 is 43.8 Å². The number of urea groups is 1. The number of nitrogens with zero attached hydrogens (tertiary/aromatic N) is 4. The summed E-state index contributed by atoms with van der Waals surface area (Å²) in [7, 11) is 0. The number of hydrogen-bond donors (Lipinski definition) is 2. The Balaban J connectivity index is 1.25. The summed E-state index contributed by atoms with van der Waals surface area (Å²) in [5.41, 5.74) is 0.569. The van der Waals surface area contributed by atoms with Crippen molar-refractivity contribution in [2.75, 3.05) is 106 Å². The Morgan fingerprint density at radius 2 is 1.25 bits per heavy atom. The van der Waals surface area contributed by atoms with Crippen molar-refractivity contribution in [2.24, 2.45) is 5.92 Å². The third-order valence-corrected chi connectivity index (χ3v) is 6.14. The predicted molar refractivity (Wildman–Crippen MR) is 157 cm³/mol. The van der Waals surface area contributed by atoms with Gasteiger partial charge in [-0.3, -0.25) is 14.5 Å². The number of carbonyl (C=O) groups excluding carboxylic acids is 3. The monoisotopic (exact) mass is 630 g/mol. The summed E-state index contributed by atoms with van der Waals surface area (Å²) in [6.07, 6.45) is 2.87. The zero-order valence-corrected chi connectivity index (χ0v) is 26.2. The molecule has 0 radical (unpaired) electrons. The van der Waals surface area contributed by atoms with E-state index in [2.05, 4.69) is 20.9 Å². The van der Waals surface area contributed by atoms with Crippen LogP contribution >= 0.6 is 0 Å². The molecule has 2 rings (SSSR count). The molecule has 1 aliphatic heterocycles. The van der Waals surface area contributed by atoms with Gasteiger partial charge in [0.2, 0.25) is 11.8 Å². The molecule has 4 amide bonds.